The van der Waals surface area contributed by atoms with Gasteiger partial charge in [-0.1, -0.05) is 41.6 Å². The van der Waals surface area contributed by atoms with Crippen molar-refractivity contribution < 1.29 is 14.3 Å². The van der Waals surface area contributed by atoms with Crippen molar-refractivity contribution in [3.05, 3.63) is 77.2 Å². The van der Waals surface area contributed by atoms with Gasteiger partial charge in [-0.3, -0.25) is 9.36 Å². The summed E-state index contributed by atoms with van der Waals surface area (Å²) in [6.07, 6.45) is 1.77. The van der Waals surface area contributed by atoms with Crippen LogP contribution in [0.2, 0.25) is 5.02 Å². The van der Waals surface area contributed by atoms with Crippen LogP contribution in [-0.2, 0) is 16.1 Å². The zero-order valence-corrected chi connectivity index (χ0v) is 24.9. The highest BCUT2D eigenvalue weighted by Gasteiger charge is 2.23. The molecule has 2 aromatic heterocycles. The van der Waals surface area contributed by atoms with E-state index in [1.807, 2.05) is 34.2 Å². The average Bonchev–Trinajstić information content (AvgIpc) is 3.57. The minimum Gasteiger partial charge on any atom is -0.465 e. The third-order valence-corrected chi connectivity index (χ3v) is 8.32. The minimum absolute atomic E-state index is 0.0744. The molecule has 0 saturated heterocycles. The molecule has 0 aliphatic rings. The molecule has 2 aromatic carbocycles. The van der Waals surface area contributed by atoms with Crippen LogP contribution in [0.25, 0.3) is 22.5 Å². The van der Waals surface area contributed by atoms with Crippen LogP contribution < -0.4 is 10.2 Å². The number of allylic oxidation sites excluding steroid dienone is 1. The van der Waals surface area contributed by atoms with Crippen molar-refractivity contribution in [3.63, 3.8) is 0 Å². The number of aromatic nitrogens is 3. The zero-order chi connectivity index (χ0) is 28.6. The van der Waals surface area contributed by atoms with Gasteiger partial charge in [-0.2, -0.15) is 0 Å². The number of ether oxygens (including phenoxy) is 1. The molecule has 0 aliphatic carbocycles. The Morgan fingerprint density at radius 3 is 2.40 bits per heavy atom. The molecule has 4 aromatic rings. The van der Waals surface area contributed by atoms with E-state index in [1.54, 1.807) is 18.2 Å². The topological polar surface area (TPSA) is 89.3 Å². The Morgan fingerprint density at radius 2 is 1.77 bits per heavy atom. The number of thioether (sulfide) groups is 1. The highest BCUT2D eigenvalue weighted by Crippen LogP contribution is 2.37. The molecule has 40 heavy (non-hydrogen) atoms. The maximum Gasteiger partial charge on any atom is 0.341 e. The van der Waals surface area contributed by atoms with Crippen LogP contribution in [0.3, 0.4) is 0 Å². The van der Waals surface area contributed by atoms with Gasteiger partial charge >= 0.3 is 5.97 Å². The zero-order valence-electron chi connectivity index (χ0n) is 22.5. The first-order chi connectivity index (χ1) is 19.4. The number of amides is 1. The van der Waals surface area contributed by atoms with E-state index < -0.39 is 5.97 Å². The third kappa shape index (κ3) is 6.57. The van der Waals surface area contributed by atoms with E-state index in [9.17, 15) is 9.59 Å². The first-order valence-corrected chi connectivity index (χ1v) is 14.9. The van der Waals surface area contributed by atoms with Gasteiger partial charge in [-0.05, 0) is 55.8 Å². The molecule has 0 spiro atoms. The van der Waals surface area contributed by atoms with Crippen molar-refractivity contribution in [2.24, 2.45) is 0 Å². The van der Waals surface area contributed by atoms with Crippen molar-refractivity contribution in [2.45, 2.75) is 25.5 Å². The van der Waals surface area contributed by atoms with Crippen molar-refractivity contribution in [1.29, 1.82) is 0 Å². The van der Waals surface area contributed by atoms with Gasteiger partial charge in [0.25, 0.3) is 0 Å². The summed E-state index contributed by atoms with van der Waals surface area (Å²) in [6.45, 7) is 10.5. The second-order valence-electron chi connectivity index (χ2n) is 8.61. The molecule has 0 unspecified atom stereocenters. The lowest BCUT2D eigenvalue weighted by Crippen LogP contribution is -2.21. The Hall–Kier alpha value is -3.60. The number of methoxy groups -OCH3 is 1. The SMILES string of the molecule is C=CCn1c(SCC(=O)Nc2scc(-c3ccc(Cl)cc3)c2C(=O)OC)nnc1-c1ccc(N(CC)CC)cc1. The lowest BCUT2D eigenvalue weighted by molar-refractivity contribution is -0.113. The smallest absolute Gasteiger partial charge is 0.341 e. The Labute approximate surface area is 247 Å². The largest absolute Gasteiger partial charge is 0.465 e. The van der Waals surface area contributed by atoms with E-state index >= 15 is 0 Å². The van der Waals surface area contributed by atoms with Crippen molar-refractivity contribution in [1.82, 2.24) is 14.8 Å². The standard InChI is InChI=1S/C29H30ClN5O3S2/c1-5-16-35-26(20-10-14-22(15-11-20)34(6-2)7-3)32-33-29(35)40-18-24(36)31-27-25(28(37)38-4)23(17-39-27)19-8-12-21(30)13-9-19/h5,8-15,17H,1,6-7,16,18H2,2-4H3,(H,31,36). The molecule has 2 heterocycles. The number of carbonyl (C=O) groups is 2. The molecule has 0 aliphatic heterocycles. The van der Waals surface area contributed by atoms with Gasteiger partial charge < -0.3 is 15.0 Å². The fourth-order valence-electron chi connectivity index (χ4n) is 4.20. The van der Waals surface area contributed by atoms with E-state index in [-0.39, 0.29) is 11.7 Å². The molecule has 0 radical (unpaired) electrons. The van der Waals surface area contributed by atoms with E-state index in [2.05, 4.69) is 53.0 Å². The van der Waals surface area contributed by atoms with Crippen molar-refractivity contribution in [3.8, 4) is 22.5 Å². The number of nitrogens with zero attached hydrogens (tertiary/aromatic N) is 4. The highest BCUT2D eigenvalue weighted by atomic mass is 35.5. The average molecular weight is 596 g/mol. The number of esters is 1. The van der Waals surface area contributed by atoms with Crippen LogP contribution in [0.15, 0.2) is 71.7 Å². The molecule has 0 bridgehead atoms. The predicted octanol–water partition coefficient (Wildman–Crippen LogP) is 6.88. The second-order valence-corrected chi connectivity index (χ2v) is 10.9. The van der Waals surface area contributed by atoms with Gasteiger partial charge in [0.05, 0.1) is 12.9 Å². The lowest BCUT2D eigenvalue weighted by Gasteiger charge is -2.21. The van der Waals surface area contributed by atoms with Crippen LogP contribution in [0.5, 0.6) is 0 Å². The van der Waals surface area contributed by atoms with Crippen molar-refractivity contribution in [2.75, 3.05) is 36.2 Å². The fourth-order valence-corrected chi connectivity index (χ4v) is 6.05. The van der Waals surface area contributed by atoms with Gasteiger partial charge in [0, 0.05) is 46.9 Å². The molecular weight excluding hydrogens is 566 g/mol. The summed E-state index contributed by atoms with van der Waals surface area (Å²) in [5.74, 6) is -0.0347. The van der Waals surface area contributed by atoms with E-state index in [0.717, 1.165) is 29.9 Å². The monoisotopic (exact) mass is 595 g/mol. The molecule has 11 heteroatoms. The van der Waals surface area contributed by atoms with E-state index in [4.69, 9.17) is 16.3 Å². The summed E-state index contributed by atoms with van der Waals surface area (Å²) in [4.78, 5) is 27.9. The van der Waals surface area contributed by atoms with Gasteiger partial charge in [0.2, 0.25) is 5.91 Å². The maximum atomic E-state index is 13.0. The number of rotatable bonds is 12. The number of thiophene rings is 1. The number of halogens is 1. The second kappa shape index (κ2) is 13.6. The van der Waals surface area contributed by atoms with E-state index in [1.165, 1.54) is 30.2 Å². The Balaban J connectivity index is 1.50. The molecule has 1 amide bonds. The van der Waals surface area contributed by atoms with Gasteiger partial charge in [0.15, 0.2) is 11.0 Å². The molecule has 1 N–H and O–H groups in total. The number of benzene rings is 2. The van der Waals surface area contributed by atoms with Crippen LogP contribution in [0.4, 0.5) is 10.7 Å². The summed E-state index contributed by atoms with van der Waals surface area (Å²) in [5.41, 5.74) is 3.84. The van der Waals surface area contributed by atoms with E-state index in [0.29, 0.717) is 38.7 Å². The first kappa shape index (κ1) is 29.4. The van der Waals surface area contributed by atoms with Crippen LogP contribution >= 0.6 is 34.7 Å². The Morgan fingerprint density at radius 1 is 1.10 bits per heavy atom. The van der Waals surface area contributed by atoms with Crippen molar-refractivity contribution >= 4 is 57.3 Å². The molecule has 0 saturated carbocycles. The summed E-state index contributed by atoms with van der Waals surface area (Å²) < 4.78 is 6.94. The van der Waals surface area contributed by atoms with Gasteiger partial charge in [-0.15, -0.1) is 28.1 Å². The molecule has 0 atom stereocenters. The number of carbonyl (C=O) groups excluding carboxylic acids is 2. The van der Waals surface area contributed by atoms with Crippen LogP contribution in [0, 0.1) is 0 Å². The highest BCUT2D eigenvalue weighted by molar-refractivity contribution is 7.99. The number of hydrogen-bond donors (Lipinski definition) is 1. The molecular formula is C29H30ClN5O3S2. The molecule has 0 fully saturated rings. The maximum absolute atomic E-state index is 13.0. The lowest BCUT2D eigenvalue weighted by atomic mass is 10.0. The summed E-state index contributed by atoms with van der Waals surface area (Å²) in [5, 5.41) is 15.0. The van der Waals surface area contributed by atoms with Crippen LogP contribution in [0.1, 0.15) is 24.2 Å². The minimum atomic E-state index is -0.531. The fraction of sp³-hybridized carbons (Fsp3) is 0.241. The molecule has 4 rings (SSSR count). The van der Waals surface area contributed by atoms with Gasteiger partial charge in [0.1, 0.15) is 10.6 Å². The third-order valence-electron chi connectivity index (χ3n) is 6.20. The number of hydrogen-bond acceptors (Lipinski definition) is 8. The molecule has 208 valence electrons. The summed E-state index contributed by atoms with van der Waals surface area (Å²) in [7, 11) is 1.31. The van der Waals surface area contributed by atoms with Crippen LogP contribution in [-0.4, -0.2) is 52.6 Å². The normalized spacial score (nSPS) is 10.8. The first-order valence-electron chi connectivity index (χ1n) is 12.7. The molecule has 8 nitrogen and oxygen atoms in total. The van der Waals surface area contributed by atoms with Gasteiger partial charge in [-0.25, -0.2) is 4.79 Å². The summed E-state index contributed by atoms with van der Waals surface area (Å²) >= 11 is 8.54. The predicted molar refractivity (Wildman–Crippen MR) is 165 cm³/mol. The number of nitrogens with one attached hydrogen (secondary N) is 1. The Kier molecular flexibility index (Phi) is 10.0. The number of anilines is 2. The summed E-state index contributed by atoms with van der Waals surface area (Å²) in [6, 6.07) is 15.3. The quantitative estimate of drug-likeness (QED) is 0.108. The Bertz CT molecular complexity index is 1480.